The van der Waals surface area contributed by atoms with Crippen LogP contribution in [0.4, 0.5) is 5.69 Å². The molecule has 106 valence electrons. The number of hydrogen-bond donors (Lipinski definition) is 1. The fourth-order valence-corrected chi connectivity index (χ4v) is 2.63. The van der Waals surface area contributed by atoms with Crippen LogP contribution in [0.5, 0.6) is 0 Å². The van der Waals surface area contributed by atoms with Gasteiger partial charge in [0.15, 0.2) is 0 Å². The van der Waals surface area contributed by atoms with Crippen LogP contribution in [0.3, 0.4) is 0 Å². The van der Waals surface area contributed by atoms with Crippen LogP contribution in [0.15, 0.2) is 37.1 Å². The minimum absolute atomic E-state index is 0.526. The summed E-state index contributed by atoms with van der Waals surface area (Å²) in [5.41, 5.74) is 1.09. The fraction of sp³-hybridized carbons (Fsp3) is 0.467. The van der Waals surface area contributed by atoms with E-state index in [9.17, 15) is 0 Å². The van der Waals surface area contributed by atoms with Crippen molar-refractivity contribution in [1.29, 1.82) is 0 Å². The van der Waals surface area contributed by atoms with E-state index in [4.69, 9.17) is 0 Å². The lowest BCUT2D eigenvalue weighted by Gasteiger charge is -2.20. The minimum atomic E-state index is 0.526. The van der Waals surface area contributed by atoms with Gasteiger partial charge in [-0.05, 0) is 32.4 Å². The first-order valence-electron chi connectivity index (χ1n) is 7.17. The summed E-state index contributed by atoms with van der Waals surface area (Å²) >= 11 is 0. The number of imidazole rings is 1. The van der Waals surface area contributed by atoms with Crippen LogP contribution in [-0.4, -0.2) is 44.6 Å². The Bertz CT molecular complexity index is 532. The molecular weight excluding hydrogens is 250 g/mol. The van der Waals surface area contributed by atoms with Crippen LogP contribution >= 0.6 is 0 Å². The number of aromatic nitrogens is 3. The van der Waals surface area contributed by atoms with Crippen LogP contribution in [-0.2, 0) is 0 Å². The molecule has 1 saturated heterocycles. The Balaban J connectivity index is 1.62. The highest BCUT2D eigenvalue weighted by Crippen LogP contribution is 2.17. The lowest BCUT2D eigenvalue weighted by Crippen LogP contribution is -2.31. The van der Waals surface area contributed by atoms with Gasteiger partial charge >= 0.3 is 0 Å². The molecule has 1 atom stereocenters. The molecule has 0 spiro atoms. The van der Waals surface area contributed by atoms with Gasteiger partial charge in [-0.1, -0.05) is 0 Å². The maximum atomic E-state index is 4.46. The Hall–Kier alpha value is -1.88. The summed E-state index contributed by atoms with van der Waals surface area (Å²) in [6, 6.07) is 5.25. The molecule has 0 saturated carbocycles. The molecule has 2 aromatic heterocycles. The summed E-state index contributed by atoms with van der Waals surface area (Å²) in [7, 11) is 0. The summed E-state index contributed by atoms with van der Waals surface area (Å²) in [5, 5.41) is 3.57. The Morgan fingerprint density at radius 3 is 2.85 bits per heavy atom. The average Bonchev–Trinajstić information content (AvgIpc) is 3.10. The van der Waals surface area contributed by atoms with Crippen molar-refractivity contribution in [3.63, 3.8) is 0 Å². The third-order valence-corrected chi connectivity index (χ3v) is 3.84. The van der Waals surface area contributed by atoms with E-state index < -0.39 is 0 Å². The predicted molar refractivity (Wildman–Crippen MR) is 80.1 cm³/mol. The normalized spacial score (nSPS) is 19.6. The maximum absolute atomic E-state index is 4.46. The molecule has 20 heavy (non-hydrogen) atoms. The summed E-state index contributed by atoms with van der Waals surface area (Å²) < 4.78 is 1.90. The van der Waals surface area contributed by atoms with Gasteiger partial charge in [-0.3, -0.25) is 9.47 Å². The standard InChI is InChI=1S/C15H21N5/c1-12(2)19-7-5-14(10-19)18-13-3-4-15(17-9-13)20-8-6-16-11-20/h3-4,6,8-9,11-12,14,18H,5,7,10H2,1-2H3. The number of anilines is 1. The van der Waals surface area contributed by atoms with Crippen molar-refractivity contribution in [2.45, 2.75) is 32.4 Å². The third kappa shape index (κ3) is 2.82. The molecule has 5 heteroatoms. The van der Waals surface area contributed by atoms with Crippen molar-refractivity contribution in [3.8, 4) is 5.82 Å². The molecule has 1 N–H and O–H groups in total. The van der Waals surface area contributed by atoms with E-state index in [1.54, 1.807) is 12.5 Å². The molecule has 1 fully saturated rings. The number of pyridine rings is 1. The summed E-state index contributed by atoms with van der Waals surface area (Å²) in [6.07, 6.45) is 8.50. The van der Waals surface area contributed by atoms with E-state index in [0.717, 1.165) is 18.1 Å². The smallest absolute Gasteiger partial charge is 0.137 e. The molecule has 0 radical (unpaired) electrons. The molecule has 1 aliphatic heterocycles. The van der Waals surface area contributed by atoms with Gasteiger partial charge < -0.3 is 5.32 Å². The quantitative estimate of drug-likeness (QED) is 0.925. The Kier molecular flexibility index (Phi) is 3.69. The average molecular weight is 271 g/mol. The zero-order valence-corrected chi connectivity index (χ0v) is 12.0. The highest BCUT2D eigenvalue weighted by atomic mass is 15.2. The van der Waals surface area contributed by atoms with Crippen molar-refractivity contribution in [2.75, 3.05) is 18.4 Å². The molecule has 0 aliphatic carbocycles. The highest BCUT2D eigenvalue weighted by Gasteiger charge is 2.23. The molecule has 1 aliphatic rings. The van der Waals surface area contributed by atoms with E-state index in [-0.39, 0.29) is 0 Å². The van der Waals surface area contributed by atoms with E-state index in [0.29, 0.717) is 12.1 Å². The van der Waals surface area contributed by atoms with Gasteiger partial charge in [0.25, 0.3) is 0 Å². The Morgan fingerprint density at radius 1 is 1.35 bits per heavy atom. The number of hydrogen-bond acceptors (Lipinski definition) is 4. The van der Waals surface area contributed by atoms with Gasteiger partial charge in [0.1, 0.15) is 12.1 Å². The van der Waals surface area contributed by atoms with Crippen molar-refractivity contribution >= 4 is 5.69 Å². The second-order valence-corrected chi connectivity index (χ2v) is 5.59. The van der Waals surface area contributed by atoms with Gasteiger partial charge in [-0.25, -0.2) is 9.97 Å². The first-order chi connectivity index (χ1) is 9.72. The first kappa shape index (κ1) is 13.1. The molecular formula is C15H21N5. The van der Waals surface area contributed by atoms with Crippen LogP contribution in [0.25, 0.3) is 5.82 Å². The van der Waals surface area contributed by atoms with Crippen LogP contribution in [0.2, 0.25) is 0 Å². The largest absolute Gasteiger partial charge is 0.380 e. The predicted octanol–water partition coefficient (Wildman–Crippen LogP) is 2.16. The highest BCUT2D eigenvalue weighted by molar-refractivity contribution is 5.44. The summed E-state index contributed by atoms with van der Waals surface area (Å²) in [6.45, 7) is 6.80. The van der Waals surface area contributed by atoms with Crippen LogP contribution in [0, 0.1) is 0 Å². The van der Waals surface area contributed by atoms with Gasteiger partial charge in [0.05, 0.1) is 11.9 Å². The van der Waals surface area contributed by atoms with Crippen LogP contribution < -0.4 is 5.32 Å². The lowest BCUT2D eigenvalue weighted by atomic mass is 10.2. The van der Waals surface area contributed by atoms with Crippen molar-refractivity contribution < 1.29 is 0 Å². The monoisotopic (exact) mass is 271 g/mol. The van der Waals surface area contributed by atoms with Gasteiger partial charge in [-0.15, -0.1) is 0 Å². The van der Waals surface area contributed by atoms with E-state index in [2.05, 4.69) is 40.1 Å². The number of nitrogens with zero attached hydrogens (tertiary/aromatic N) is 4. The maximum Gasteiger partial charge on any atom is 0.137 e. The van der Waals surface area contributed by atoms with Gasteiger partial charge in [0.2, 0.25) is 0 Å². The zero-order chi connectivity index (χ0) is 13.9. The number of likely N-dealkylation sites (tertiary alicyclic amines) is 1. The Labute approximate surface area is 119 Å². The van der Waals surface area contributed by atoms with E-state index >= 15 is 0 Å². The molecule has 1 unspecified atom stereocenters. The second kappa shape index (κ2) is 5.63. The van der Waals surface area contributed by atoms with Gasteiger partial charge in [-0.2, -0.15) is 0 Å². The second-order valence-electron chi connectivity index (χ2n) is 5.59. The van der Waals surface area contributed by atoms with E-state index in [1.165, 1.54) is 13.0 Å². The summed E-state index contributed by atoms with van der Waals surface area (Å²) in [5.74, 6) is 0.892. The van der Waals surface area contributed by atoms with E-state index in [1.807, 2.05) is 23.0 Å². The summed E-state index contributed by atoms with van der Waals surface area (Å²) in [4.78, 5) is 11.0. The van der Waals surface area contributed by atoms with Crippen molar-refractivity contribution in [1.82, 2.24) is 19.4 Å². The molecule has 0 aromatic carbocycles. The number of rotatable bonds is 4. The Morgan fingerprint density at radius 2 is 2.25 bits per heavy atom. The number of nitrogens with one attached hydrogen (secondary N) is 1. The van der Waals surface area contributed by atoms with Crippen molar-refractivity contribution in [2.24, 2.45) is 0 Å². The van der Waals surface area contributed by atoms with Crippen molar-refractivity contribution in [3.05, 3.63) is 37.1 Å². The van der Waals surface area contributed by atoms with Crippen LogP contribution in [0.1, 0.15) is 20.3 Å². The molecule has 3 heterocycles. The SMILES string of the molecule is CC(C)N1CCC(Nc2ccc(-n3ccnc3)nc2)C1. The topological polar surface area (TPSA) is 46.0 Å². The third-order valence-electron chi connectivity index (χ3n) is 3.84. The fourth-order valence-electron chi connectivity index (χ4n) is 2.63. The molecule has 2 aromatic rings. The molecule has 3 rings (SSSR count). The molecule has 5 nitrogen and oxygen atoms in total. The van der Waals surface area contributed by atoms with Gasteiger partial charge in [0, 0.05) is 37.6 Å². The molecule has 0 amide bonds. The zero-order valence-electron chi connectivity index (χ0n) is 12.0. The molecule has 0 bridgehead atoms. The lowest BCUT2D eigenvalue weighted by molar-refractivity contribution is 0.274. The first-order valence-corrected chi connectivity index (χ1v) is 7.17. The minimum Gasteiger partial charge on any atom is -0.380 e.